The van der Waals surface area contributed by atoms with Crippen LogP contribution >= 0.6 is 0 Å². The third kappa shape index (κ3) is 3.41. The molecule has 160 valence electrons. The summed E-state index contributed by atoms with van der Waals surface area (Å²) in [5.74, 6) is -0.259. The van der Waals surface area contributed by atoms with Crippen molar-refractivity contribution >= 4 is 11.6 Å². The van der Waals surface area contributed by atoms with Crippen LogP contribution in [0.1, 0.15) is 16.9 Å². The van der Waals surface area contributed by atoms with Crippen LogP contribution in [0.4, 0.5) is 20.4 Å². The minimum absolute atomic E-state index is 0.0394. The summed E-state index contributed by atoms with van der Waals surface area (Å²) >= 11 is 0. The summed E-state index contributed by atoms with van der Waals surface area (Å²) in [6, 6.07) is 7.71. The summed E-state index contributed by atoms with van der Waals surface area (Å²) in [5, 5.41) is 6.64. The smallest absolute Gasteiger partial charge is 0.283 e. The first-order valence-corrected chi connectivity index (χ1v) is 9.69. The van der Waals surface area contributed by atoms with Crippen LogP contribution < -0.4 is 10.5 Å². The number of benzene rings is 1. The molecule has 1 N–H and O–H groups in total. The average molecular weight is 435 g/mol. The lowest BCUT2D eigenvalue weighted by Crippen LogP contribution is -2.33. The van der Waals surface area contributed by atoms with Crippen LogP contribution in [0.5, 0.6) is 0 Å². The van der Waals surface area contributed by atoms with Crippen LogP contribution in [-0.4, -0.2) is 31.4 Å². The lowest BCUT2D eigenvalue weighted by molar-refractivity contribution is 0.370. The van der Waals surface area contributed by atoms with Crippen LogP contribution in [0.15, 0.2) is 45.8 Å². The summed E-state index contributed by atoms with van der Waals surface area (Å²) in [6.07, 6.45) is 1.42. The van der Waals surface area contributed by atoms with Gasteiger partial charge in [0.1, 0.15) is 18.1 Å². The lowest BCUT2D eigenvalue weighted by Gasteiger charge is -2.26. The molecule has 4 heterocycles. The van der Waals surface area contributed by atoms with Gasteiger partial charge in [0, 0.05) is 12.1 Å². The van der Waals surface area contributed by atoms with Crippen LogP contribution in [0.25, 0.3) is 16.4 Å². The molecule has 0 saturated heterocycles. The molecule has 9 nitrogen and oxygen atoms in total. The fraction of sp³-hybridized carbons (Fsp3) is 0.190. The minimum atomic E-state index is -0.633. The number of aromatic nitrogens is 5. The van der Waals surface area contributed by atoms with Crippen molar-refractivity contribution in [2.24, 2.45) is 0 Å². The van der Waals surface area contributed by atoms with Crippen molar-refractivity contribution < 1.29 is 13.3 Å². The molecule has 0 bridgehead atoms. The molecule has 11 heteroatoms. The topological polar surface area (TPSA) is 97.2 Å². The molecule has 0 saturated carbocycles. The van der Waals surface area contributed by atoms with Gasteiger partial charge >= 0.3 is 0 Å². The Morgan fingerprint density at radius 3 is 2.91 bits per heavy atom. The second-order valence-corrected chi connectivity index (χ2v) is 7.22. The Balaban J connectivity index is 1.47. The molecule has 1 aliphatic heterocycles. The van der Waals surface area contributed by atoms with Crippen molar-refractivity contribution in [2.45, 2.75) is 19.5 Å². The zero-order valence-electron chi connectivity index (χ0n) is 16.5. The van der Waals surface area contributed by atoms with E-state index in [-0.39, 0.29) is 41.8 Å². The summed E-state index contributed by atoms with van der Waals surface area (Å²) < 4.78 is 35.1. The molecule has 1 aliphatic rings. The van der Waals surface area contributed by atoms with Crippen molar-refractivity contribution in [3.8, 4) is 11.5 Å². The molecule has 4 aromatic rings. The van der Waals surface area contributed by atoms with Crippen molar-refractivity contribution in [3.05, 3.63) is 86.8 Å². The molecule has 0 radical (unpaired) electrons. The molecule has 0 aliphatic carbocycles. The summed E-state index contributed by atoms with van der Waals surface area (Å²) in [4.78, 5) is 25.1. The SMILES string of the molecule is [C-]#[N+]c1cc(-c2ncc(F)c(N3CCc4c(o[nH]c4=O)C3)n2)nn1Cc1ccccc1F. The van der Waals surface area contributed by atoms with E-state index in [0.717, 1.165) is 6.20 Å². The number of hydrogen-bond donors (Lipinski definition) is 1. The largest absolute Gasteiger partial charge is 0.381 e. The number of hydrogen-bond acceptors (Lipinski definition) is 6. The lowest BCUT2D eigenvalue weighted by atomic mass is 10.1. The fourth-order valence-corrected chi connectivity index (χ4v) is 3.63. The molecule has 0 atom stereocenters. The molecular weight excluding hydrogens is 420 g/mol. The van der Waals surface area contributed by atoms with Gasteiger partial charge in [-0.1, -0.05) is 29.9 Å². The van der Waals surface area contributed by atoms with Crippen molar-refractivity contribution in [2.75, 3.05) is 11.4 Å². The highest BCUT2D eigenvalue weighted by atomic mass is 19.1. The first-order chi connectivity index (χ1) is 15.5. The second-order valence-electron chi connectivity index (χ2n) is 7.22. The first kappa shape index (κ1) is 19.6. The Labute approximate surface area is 179 Å². The number of nitrogens with zero attached hydrogens (tertiary/aromatic N) is 6. The monoisotopic (exact) mass is 435 g/mol. The predicted octanol–water partition coefficient (Wildman–Crippen LogP) is 3.06. The highest BCUT2D eigenvalue weighted by molar-refractivity contribution is 5.59. The first-order valence-electron chi connectivity index (χ1n) is 9.69. The summed E-state index contributed by atoms with van der Waals surface area (Å²) in [5.41, 5.74) is 0.907. The molecular formula is C21H15F2N7O2. The highest BCUT2D eigenvalue weighted by Crippen LogP contribution is 2.27. The number of anilines is 1. The maximum absolute atomic E-state index is 14.6. The van der Waals surface area contributed by atoms with Gasteiger partial charge in [0.05, 0.1) is 18.3 Å². The molecule has 32 heavy (non-hydrogen) atoms. The number of halogens is 2. The van der Waals surface area contributed by atoms with Crippen LogP contribution in [0, 0.1) is 18.2 Å². The normalized spacial score (nSPS) is 13.1. The van der Waals surface area contributed by atoms with E-state index >= 15 is 0 Å². The van der Waals surface area contributed by atoms with E-state index in [4.69, 9.17) is 11.1 Å². The third-order valence-electron chi connectivity index (χ3n) is 5.25. The summed E-state index contributed by atoms with van der Waals surface area (Å²) in [6.45, 7) is 8.02. The number of aromatic amines is 1. The van der Waals surface area contributed by atoms with Crippen LogP contribution in [0.3, 0.4) is 0 Å². The van der Waals surface area contributed by atoms with E-state index in [9.17, 15) is 13.6 Å². The van der Waals surface area contributed by atoms with E-state index in [1.807, 2.05) is 0 Å². The number of fused-ring (bicyclic) bond motifs is 1. The molecule has 0 fully saturated rings. The number of H-pyrrole nitrogens is 1. The van der Waals surface area contributed by atoms with Crippen molar-refractivity contribution in [3.63, 3.8) is 0 Å². The van der Waals surface area contributed by atoms with Crippen molar-refractivity contribution in [1.29, 1.82) is 0 Å². The van der Waals surface area contributed by atoms with Gasteiger partial charge in [-0.05, 0) is 18.6 Å². The molecule has 0 amide bonds. The number of rotatable bonds is 4. The minimum Gasteiger partial charge on any atom is -0.381 e. The van der Waals surface area contributed by atoms with E-state index in [2.05, 4.69) is 25.1 Å². The Bertz CT molecular complexity index is 1420. The molecule has 1 aromatic carbocycles. The average Bonchev–Trinajstić information content (AvgIpc) is 3.38. The van der Waals surface area contributed by atoms with Gasteiger partial charge in [0.25, 0.3) is 11.4 Å². The predicted molar refractivity (Wildman–Crippen MR) is 109 cm³/mol. The fourth-order valence-electron chi connectivity index (χ4n) is 3.63. The zero-order valence-corrected chi connectivity index (χ0v) is 16.5. The van der Waals surface area contributed by atoms with Gasteiger partial charge < -0.3 is 14.3 Å². The molecule has 5 rings (SSSR count). The van der Waals surface area contributed by atoms with E-state index < -0.39 is 11.6 Å². The second kappa shape index (κ2) is 7.73. The van der Waals surface area contributed by atoms with E-state index in [1.54, 1.807) is 23.1 Å². The van der Waals surface area contributed by atoms with Crippen LogP contribution in [0.2, 0.25) is 0 Å². The Kier molecular flexibility index (Phi) is 4.74. The molecule has 3 aromatic heterocycles. The van der Waals surface area contributed by atoms with Gasteiger partial charge in [0.15, 0.2) is 23.2 Å². The standard InChI is InChI=1S/C21H15F2N7O2/c1-24-18-8-16(27-30(18)10-12-4-2-3-5-14(12)22)19-25-9-15(23)20(26-19)29-7-6-13-17(11-29)32-28-21(13)31/h2-5,8-9H,6-7,10-11H2,(H,28,31). The van der Waals surface area contributed by atoms with Gasteiger partial charge in [-0.3, -0.25) is 4.79 Å². The van der Waals surface area contributed by atoms with Gasteiger partial charge in [-0.2, -0.15) is 9.84 Å². The van der Waals surface area contributed by atoms with Crippen LogP contribution in [-0.2, 0) is 19.5 Å². The maximum Gasteiger partial charge on any atom is 0.283 e. The zero-order chi connectivity index (χ0) is 22.2. The maximum atomic E-state index is 14.6. The van der Waals surface area contributed by atoms with Gasteiger partial charge in [-0.15, -0.1) is 0 Å². The Morgan fingerprint density at radius 2 is 2.09 bits per heavy atom. The quantitative estimate of drug-likeness (QED) is 0.495. The molecule has 0 spiro atoms. The van der Waals surface area contributed by atoms with Gasteiger partial charge in [0.2, 0.25) is 0 Å². The van der Waals surface area contributed by atoms with Gasteiger partial charge in [-0.25, -0.2) is 18.7 Å². The summed E-state index contributed by atoms with van der Waals surface area (Å²) in [7, 11) is 0. The van der Waals surface area contributed by atoms with Crippen molar-refractivity contribution in [1.82, 2.24) is 24.9 Å². The third-order valence-corrected chi connectivity index (χ3v) is 5.25. The van der Waals surface area contributed by atoms with E-state index in [1.165, 1.54) is 16.8 Å². The number of nitrogens with one attached hydrogen (secondary N) is 1. The highest BCUT2D eigenvalue weighted by Gasteiger charge is 2.26. The molecule has 0 unspecified atom stereocenters. The Hall–Kier alpha value is -4.33. The Morgan fingerprint density at radius 1 is 1.25 bits per heavy atom. The van der Waals surface area contributed by atoms with E-state index in [0.29, 0.717) is 29.9 Å².